The molecule has 0 amide bonds. The number of nitrogens with zero attached hydrogens (tertiary/aromatic N) is 3. The fourth-order valence-electron chi connectivity index (χ4n) is 1.98. The molecule has 0 aliphatic rings. The summed E-state index contributed by atoms with van der Waals surface area (Å²) in [6.07, 6.45) is 3.40. The van der Waals surface area contributed by atoms with Gasteiger partial charge in [-0.25, -0.2) is 9.97 Å². The van der Waals surface area contributed by atoms with Crippen LogP contribution in [0.3, 0.4) is 0 Å². The number of hydrogen-bond donors (Lipinski definition) is 0. The standard InChI is InChI=1S/C14H11Cl2N3O/c1-19-8-18-11-5-6-17-14(13(11)19)20-7-9-3-2-4-10(15)12(9)16/h2-6,8H,7H2,1H3. The highest BCUT2D eigenvalue weighted by Gasteiger charge is 2.10. The van der Waals surface area contributed by atoms with E-state index >= 15 is 0 Å². The Bertz CT molecular complexity index is 770. The first-order valence-corrected chi connectivity index (χ1v) is 6.74. The molecule has 1 aromatic carbocycles. The van der Waals surface area contributed by atoms with Gasteiger partial charge in [0, 0.05) is 18.8 Å². The molecule has 0 aliphatic carbocycles. The summed E-state index contributed by atoms with van der Waals surface area (Å²) in [5.41, 5.74) is 2.51. The van der Waals surface area contributed by atoms with Crippen molar-refractivity contribution in [2.45, 2.75) is 6.61 Å². The lowest BCUT2D eigenvalue weighted by atomic mass is 10.2. The van der Waals surface area contributed by atoms with Crippen LogP contribution in [0.15, 0.2) is 36.8 Å². The Morgan fingerprint density at radius 1 is 1.20 bits per heavy atom. The van der Waals surface area contributed by atoms with Crippen LogP contribution < -0.4 is 4.74 Å². The third-order valence-electron chi connectivity index (χ3n) is 2.99. The van der Waals surface area contributed by atoms with Crippen LogP contribution in [0, 0.1) is 0 Å². The highest BCUT2D eigenvalue weighted by molar-refractivity contribution is 6.42. The summed E-state index contributed by atoms with van der Waals surface area (Å²) in [6, 6.07) is 7.30. The van der Waals surface area contributed by atoms with Gasteiger partial charge in [0.15, 0.2) is 0 Å². The largest absolute Gasteiger partial charge is 0.471 e. The van der Waals surface area contributed by atoms with Gasteiger partial charge in [0.2, 0.25) is 5.88 Å². The summed E-state index contributed by atoms with van der Waals surface area (Å²) in [7, 11) is 1.90. The second-order valence-electron chi connectivity index (χ2n) is 4.34. The number of hydrogen-bond acceptors (Lipinski definition) is 3. The van der Waals surface area contributed by atoms with Gasteiger partial charge in [-0.3, -0.25) is 0 Å². The number of halogens is 2. The van der Waals surface area contributed by atoms with Gasteiger partial charge in [0.25, 0.3) is 0 Å². The van der Waals surface area contributed by atoms with Crippen LogP contribution in [0.4, 0.5) is 0 Å². The molecule has 2 aromatic heterocycles. The summed E-state index contributed by atoms with van der Waals surface area (Å²) >= 11 is 12.1. The molecule has 6 heteroatoms. The van der Waals surface area contributed by atoms with Crippen LogP contribution in [-0.2, 0) is 13.7 Å². The minimum absolute atomic E-state index is 0.302. The Hall–Kier alpha value is -1.78. The van der Waals surface area contributed by atoms with Crippen LogP contribution in [-0.4, -0.2) is 14.5 Å². The van der Waals surface area contributed by atoms with E-state index in [9.17, 15) is 0 Å². The second kappa shape index (κ2) is 5.31. The lowest BCUT2D eigenvalue weighted by Crippen LogP contribution is -2.00. The minimum atomic E-state index is 0.302. The highest BCUT2D eigenvalue weighted by Crippen LogP contribution is 2.27. The van der Waals surface area contributed by atoms with Crippen LogP contribution in [0.5, 0.6) is 5.88 Å². The molecule has 0 bridgehead atoms. The monoisotopic (exact) mass is 307 g/mol. The second-order valence-corrected chi connectivity index (χ2v) is 5.13. The van der Waals surface area contributed by atoms with Crippen molar-refractivity contribution in [3.05, 3.63) is 52.4 Å². The van der Waals surface area contributed by atoms with Crippen molar-refractivity contribution in [1.82, 2.24) is 14.5 Å². The SMILES string of the molecule is Cn1cnc2ccnc(OCc3cccc(Cl)c3Cl)c21. The molecule has 0 fully saturated rings. The molecule has 0 atom stereocenters. The number of imidazole rings is 1. The van der Waals surface area contributed by atoms with Crippen molar-refractivity contribution in [2.75, 3.05) is 0 Å². The predicted octanol–water partition coefficient (Wildman–Crippen LogP) is 3.85. The number of fused-ring (bicyclic) bond motifs is 1. The molecule has 3 aromatic rings. The molecule has 0 radical (unpaired) electrons. The molecular formula is C14H11Cl2N3O. The van der Waals surface area contributed by atoms with E-state index in [1.165, 1.54) is 0 Å². The molecule has 0 aliphatic heterocycles. The van der Waals surface area contributed by atoms with E-state index in [1.807, 2.05) is 29.8 Å². The van der Waals surface area contributed by atoms with Gasteiger partial charge in [0.1, 0.15) is 12.1 Å². The molecular weight excluding hydrogens is 297 g/mol. The Morgan fingerprint density at radius 2 is 2.05 bits per heavy atom. The van der Waals surface area contributed by atoms with Crippen molar-refractivity contribution >= 4 is 34.2 Å². The summed E-state index contributed by atoms with van der Waals surface area (Å²) in [6.45, 7) is 0.302. The van der Waals surface area contributed by atoms with E-state index in [1.54, 1.807) is 18.6 Å². The van der Waals surface area contributed by atoms with Crippen LogP contribution in [0.2, 0.25) is 10.0 Å². The fourth-order valence-corrected chi connectivity index (χ4v) is 2.35. The van der Waals surface area contributed by atoms with Crippen molar-refractivity contribution in [2.24, 2.45) is 7.05 Å². The average molecular weight is 308 g/mol. The van der Waals surface area contributed by atoms with E-state index in [0.29, 0.717) is 22.5 Å². The maximum atomic E-state index is 6.14. The topological polar surface area (TPSA) is 39.9 Å². The predicted molar refractivity (Wildman–Crippen MR) is 79.3 cm³/mol. The zero-order chi connectivity index (χ0) is 14.1. The maximum Gasteiger partial charge on any atom is 0.240 e. The summed E-state index contributed by atoms with van der Waals surface area (Å²) in [5.74, 6) is 0.526. The zero-order valence-electron chi connectivity index (χ0n) is 10.7. The van der Waals surface area contributed by atoms with Crippen molar-refractivity contribution < 1.29 is 4.74 Å². The number of ether oxygens (including phenoxy) is 1. The number of rotatable bonds is 3. The molecule has 0 spiro atoms. The quantitative estimate of drug-likeness (QED) is 0.738. The Balaban J connectivity index is 1.91. The molecule has 0 N–H and O–H groups in total. The van der Waals surface area contributed by atoms with Crippen molar-refractivity contribution in [1.29, 1.82) is 0 Å². The van der Waals surface area contributed by atoms with Gasteiger partial charge in [-0.2, -0.15) is 0 Å². The van der Waals surface area contributed by atoms with Gasteiger partial charge >= 0.3 is 0 Å². The Kier molecular flexibility index (Phi) is 3.51. The van der Waals surface area contributed by atoms with Gasteiger partial charge in [-0.05, 0) is 12.1 Å². The molecule has 0 unspecified atom stereocenters. The van der Waals surface area contributed by atoms with Crippen molar-refractivity contribution in [3.63, 3.8) is 0 Å². The first-order valence-electron chi connectivity index (χ1n) is 5.98. The first-order chi connectivity index (χ1) is 9.66. The van der Waals surface area contributed by atoms with Gasteiger partial charge < -0.3 is 9.30 Å². The van der Waals surface area contributed by atoms with Gasteiger partial charge in [-0.1, -0.05) is 35.3 Å². The average Bonchev–Trinajstić information content (AvgIpc) is 2.83. The Morgan fingerprint density at radius 3 is 2.90 bits per heavy atom. The number of aryl methyl sites for hydroxylation is 1. The maximum absolute atomic E-state index is 6.14. The van der Waals surface area contributed by atoms with E-state index in [0.717, 1.165) is 16.6 Å². The number of benzene rings is 1. The van der Waals surface area contributed by atoms with Crippen molar-refractivity contribution in [3.8, 4) is 5.88 Å². The van der Waals surface area contributed by atoms with E-state index < -0.39 is 0 Å². The molecule has 0 saturated carbocycles. The number of aromatic nitrogens is 3. The van der Waals surface area contributed by atoms with Gasteiger partial charge in [-0.15, -0.1) is 0 Å². The van der Waals surface area contributed by atoms with Gasteiger partial charge in [0.05, 0.1) is 21.9 Å². The van der Waals surface area contributed by atoms with E-state index in [4.69, 9.17) is 27.9 Å². The third kappa shape index (κ3) is 2.32. The highest BCUT2D eigenvalue weighted by atomic mass is 35.5. The summed E-state index contributed by atoms with van der Waals surface area (Å²) < 4.78 is 7.64. The normalized spacial score (nSPS) is 10.9. The lowest BCUT2D eigenvalue weighted by Gasteiger charge is -2.09. The summed E-state index contributed by atoms with van der Waals surface area (Å²) in [5, 5.41) is 1.02. The molecule has 2 heterocycles. The first kappa shape index (κ1) is 13.2. The third-order valence-corrected chi connectivity index (χ3v) is 3.85. The molecule has 0 saturated heterocycles. The summed E-state index contributed by atoms with van der Waals surface area (Å²) in [4.78, 5) is 8.51. The molecule has 3 rings (SSSR count). The smallest absolute Gasteiger partial charge is 0.240 e. The molecule has 102 valence electrons. The molecule has 4 nitrogen and oxygen atoms in total. The van der Waals surface area contributed by atoms with Crippen LogP contribution in [0.25, 0.3) is 11.0 Å². The lowest BCUT2D eigenvalue weighted by molar-refractivity contribution is 0.297. The van der Waals surface area contributed by atoms with E-state index in [2.05, 4.69) is 9.97 Å². The minimum Gasteiger partial charge on any atom is -0.471 e. The zero-order valence-corrected chi connectivity index (χ0v) is 12.2. The number of pyridine rings is 1. The van der Waals surface area contributed by atoms with Crippen LogP contribution in [0.1, 0.15) is 5.56 Å². The molecule has 20 heavy (non-hydrogen) atoms. The Labute approximate surface area is 125 Å². The van der Waals surface area contributed by atoms with Crippen LogP contribution >= 0.6 is 23.2 Å². The fraction of sp³-hybridized carbons (Fsp3) is 0.143. The van der Waals surface area contributed by atoms with E-state index in [-0.39, 0.29) is 0 Å².